The third-order valence-electron chi connectivity index (χ3n) is 3.34. The average molecular weight is 224 g/mol. The monoisotopic (exact) mass is 224 g/mol. The van der Waals surface area contributed by atoms with Gasteiger partial charge in [-0.2, -0.15) is 5.26 Å². The van der Waals surface area contributed by atoms with Crippen molar-refractivity contribution in [3.8, 4) is 6.07 Å². The van der Waals surface area contributed by atoms with Gasteiger partial charge in [0.05, 0.1) is 11.5 Å². The van der Waals surface area contributed by atoms with E-state index in [-0.39, 0.29) is 5.41 Å². The molecule has 16 heavy (non-hydrogen) atoms. The van der Waals surface area contributed by atoms with Crippen LogP contribution >= 0.6 is 0 Å². The molecular weight excluding hydrogens is 196 g/mol. The van der Waals surface area contributed by atoms with Crippen molar-refractivity contribution >= 4 is 0 Å². The number of rotatable bonds is 8. The van der Waals surface area contributed by atoms with Crippen molar-refractivity contribution in [1.82, 2.24) is 4.90 Å². The van der Waals surface area contributed by atoms with Gasteiger partial charge in [-0.15, -0.1) is 0 Å². The Bertz CT molecular complexity index is 215. The summed E-state index contributed by atoms with van der Waals surface area (Å²) in [7, 11) is 0. The lowest BCUT2D eigenvalue weighted by Gasteiger charge is -2.30. The zero-order chi connectivity index (χ0) is 12.6. The Morgan fingerprint density at radius 1 is 1.25 bits per heavy atom. The molecule has 0 spiro atoms. The maximum absolute atomic E-state index is 9.01. The van der Waals surface area contributed by atoms with E-state index in [2.05, 4.69) is 31.7 Å². The second-order valence-corrected chi connectivity index (χ2v) is 5.39. The summed E-state index contributed by atoms with van der Waals surface area (Å²) in [5.74, 6) is 0. The standard InChI is InChI=1S/C14H28N2/c1-6-8-10-16(13(3)7-2)11-9-14(4,5)12-15/h13H,6-11H2,1-5H3. The molecule has 0 saturated heterocycles. The highest BCUT2D eigenvalue weighted by Gasteiger charge is 2.19. The Balaban J connectivity index is 4.17. The number of nitriles is 1. The summed E-state index contributed by atoms with van der Waals surface area (Å²) in [5, 5.41) is 9.01. The van der Waals surface area contributed by atoms with Crippen LogP contribution < -0.4 is 0 Å². The second kappa shape index (κ2) is 7.68. The molecule has 0 aromatic rings. The Morgan fingerprint density at radius 2 is 1.88 bits per heavy atom. The lowest BCUT2D eigenvalue weighted by Crippen LogP contribution is -2.36. The molecule has 0 aromatic carbocycles. The molecule has 0 radical (unpaired) electrons. The third kappa shape index (κ3) is 6.12. The summed E-state index contributed by atoms with van der Waals surface area (Å²) in [4.78, 5) is 2.53. The molecule has 0 aliphatic rings. The molecule has 1 atom stereocenters. The van der Waals surface area contributed by atoms with Crippen molar-refractivity contribution in [1.29, 1.82) is 5.26 Å². The SMILES string of the molecule is CCCCN(CCC(C)(C)C#N)C(C)CC. The Morgan fingerprint density at radius 3 is 2.31 bits per heavy atom. The van der Waals surface area contributed by atoms with Crippen LogP contribution in [0.1, 0.15) is 60.3 Å². The minimum Gasteiger partial charge on any atom is -0.301 e. The summed E-state index contributed by atoms with van der Waals surface area (Å²) in [6, 6.07) is 3.02. The van der Waals surface area contributed by atoms with Crippen molar-refractivity contribution < 1.29 is 0 Å². The second-order valence-electron chi connectivity index (χ2n) is 5.39. The van der Waals surface area contributed by atoms with Crippen LogP contribution in [0.4, 0.5) is 0 Å². The molecule has 0 aromatic heterocycles. The molecular formula is C14H28N2. The number of hydrogen-bond donors (Lipinski definition) is 0. The van der Waals surface area contributed by atoms with E-state index in [0.29, 0.717) is 6.04 Å². The van der Waals surface area contributed by atoms with Gasteiger partial charge in [-0.05, 0) is 53.1 Å². The fourth-order valence-electron chi connectivity index (χ4n) is 1.65. The van der Waals surface area contributed by atoms with E-state index in [4.69, 9.17) is 5.26 Å². The zero-order valence-electron chi connectivity index (χ0n) is 11.7. The molecule has 2 nitrogen and oxygen atoms in total. The first kappa shape index (κ1) is 15.4. The van der Waals surface area contributed by atoms with Crippen LogP contribution in [0.5, 0.6) is 0 Å². The minimum atomic E-state index is -0.183. The Labute approximate surface area is 102 Å². The molecule has 0 bridgehead atoms. The highest BCUT2D eigenvalue weighted by Crippen LogP contribution is 2.20. The van der Waals surface area contributed by atoms with Gasteiger partial charge in [0.1, 0.15) is 0 Å². The smallest absolute Gasteiger partial charge is 0.0684 e. The van der Waals surface area contributed by atoms with E-state index in [1.807, 2.05) is 13.8 Å². The Hall–Kier alpha value is -0.550. The quantitative estimate of drug-likeness (QED) is 0.626. The van der Waals surface area contributed by atoms with Crippen LogP contribution in [-0.2, 0) is 0 Å². The van der Waals surface area contributed by atoms with Gasteiger partial charge in [-0.3, -0.25) is 0 Å². The number of nitrogens with zero attached hydrogens (tertiary/aromatic N) is 2. The molecule has 0 fully saturated rings. The normalized spacial score (nSPS) is 13.8. The van der Waals surface area contributed by atoms with E-state index in [9.17, 15) is 0 Å². The van der Waals surface area contributed by atoms with Crippen LogP contribution in [0.2, 0.25) is 0 Å². The van der Waals surface area contributed by atoms with Gasteiger partial charge in [0.25, 0.3) is 0 Å². The first-order valence-electron chi connectivity index (χ1n) is 6.62. The molecule has 0 N–H and O–H groups in total. The van der Waals surface area contributed by atoms with Gasteiger partial charge in [0.2, 0.25) is 0 Å². The van der Waals surface area contributed by atoms with Crippen LogP contribution in [0.15, 0.2) is 0 Å². The molecule has 0 aliphatic heterocycles. The van der Waals surface area contributed by atoms with Crippen LogP contribution in [-0.4, -0.2) is 24.0 Å². The van der Waals surface area contributed by atoms with E-state index in [0.717, 1.165) is 13.0 Å². The molecule has 94 valence electrons. The van der Waals surface area contributed by atoms with E-state index >= 15 is 0 Å². The Kier molecular flexibility index (Phi) is 7.42. The topological polar surface area (TPSA) is 27.0 Å². The van der Waals surface area contributed by atoms with E-state index < -0.39 is 0 Å². The van der Waals surface area contributed by atoms with Crippen molar-refractivity contribution in [3.05, 3.63) is 0 Å². The fourth-order valence-corrected chi connectivity index (χ4v) is 1.65. The molecule has 1 unspecified atom stereocenters. The molecule has 0 heterocycles. The summed E-state index contributed by atoms with van der Waals surface area (Å²) in [5.41, 5.74) is -0.183. The molecule has 0 saturated carbocycles. The zero-order valence-corrected chi connectivity index (χ0v) is 11.7. The summed E-state index contributed by atoms with van der Waals surface area (Å²) >= 11 is 0. The van der Waals surface area contributed by atoms with Gasteiger partial charge >= 0.3 is 0 Å². The molecule has 0 aliphatic carbocycles. The maximum Gasteiger partial charge on any atom is 0.0684 e. The summed E-state index contributed by atoms with van der Waals surface area (Å²) < 4.78 is 0. The van der Waals surface area contributed by atoms with Gasteiger partial charge < -0.3 is 4.90 Å². The van der Waals surface area contributed by atoms with Gasteiger partial charge in [0, 0.05) is 6.04 Å². The third-order valence-corrected chi connectivity index (χ3v) is 3.34. The predicted octanol–water partition coefficient (Wildman–Crippen LogP) is 3.83. The van der Waals surface area contributed by atoms with Gasteiger partial charge in [-0.25, -0.2) is 0 Å². The van der Waals surface area contributed by atoms with E-state index in [1.165, 1.54) is 25.8 Å². The van der Waals surface area contributed by atoms with Crippen LogP contribution in [0.3, 0.4) is 0 Å². The summed E-state index contributed by atoms with van der Waals surface area (Å²) in [6.07, 6.45) is 4.67. The largest absolute Gasteiger partial charge is 0.301 e. The fraction of sp³-hybridized carbons (Fsp3) is 0.929. The summed E-state index contributed by atoms with van der Waals surface area (Å²) in [6.45, 7) is 13.0. The van der Waals surface area contributed by atoms with E-state index in [1.54, 1.807) is 0 Å². The number of unbranched alkanes of at least 4 members (excludes halogenated alkanes) is 1. The highest BCUT2D eigenvalue weighted by molar-refractivity contribution is 4.92. The van der Waals surface area contributed by atoms with Crippen LogP contribution in [0, 0.1) is 16.7 Å². The average Bonchev–Trinajstić information content (AvgIpc) is 2.28. The highest BCUT2D eigenvalue weighted by atomic mass is 15.1. The van der Waals surface area contributed by atoms with Gasteiger partial charge in [0.15, 0.2) is 0 Å². The van der Waals surface area contributed by atoms with Crippen molar-refractivity contribution in [2.45, 2.75) is 66.3 Å². The molecule has 2 heteroatoms. The van der Waals surface area contributed by atoms with Crippen molar-refractivity contribution in [3.63, 3.8) is 0 Å². The lowest BCUT2D eigenvalue weighted by atomic mass is 9.91. The predicted molar refractivity (Wildman–Crippen MR) is 70.2 cm³/mol. The first-order valence-corrected chi connectivity index (χ1v) is 6.62. The first-order chi connectivity index (χ1) is 7.46. The number of hydrogen-bond acceptors (Lipinski definition) is 2. The maximum atomic E-state index is 9.01. The van der Waals surface area contributed by atoms with Gasteiger partial charge in [-0.1, -0.05) is 20.3 Å². The van der Waals surface area contributed by atoms with Crippen molar-refractivity contribution in [2.24, 2.45) is 5.41 Å². The van der Waals surface area contributed by atoms with Crippen molar-refractivity contribution in [2.75, 3.05) is 13.1 Å². The molecule has 0 rings (SSSR count). The van der Waals surface area contributed by atoms with Crippen LogP contribution in [0.25, 0.3) is 0 Å². The molecule has 0 amide bonds. The lowest BCUT2D eigenvalue weighted by molar-refractivity contribution is 0.181. The minimum absolute atomic E-state index is 0.183.